The van der Waals surface area contributed by atoms with Gasteiger partial charge in [-0.1, -0.05) is 24.3 Å². The standard InChI is InChI=1S/C28H30N8O2/c1-36(2)14-13-31-28(38)20-8-10-22-24(16-20)35-26(33-22)18-5-3-17(4-6-18)25-32-21-9-7-19(15-23(21)34-25)27(37)30-12-11-29/h3-10,15-16H,11-14,29H2,1-2H3,(H,30,37)(H,31,38)(H,32,34)(H,33,35). The van der Waals surface area contributed by atoms with Crippen LogP contribution >= 0.6 is 0 Å². The number of hydrogen-bond donors (Lipinski definition) is 5. The van der Waals surface area contributed by atoms with Crippen molar-refractivity contribution in [3.63, 3.8) is 0 Å². The summed E-state index contributed by atoms with van der Waals surface area (Å²) in [6.07, 6.45) is 0. The predicted molar refractivity (Wildman–Crippen MR) is 149 cm³/mol. The lowest BCUT2D eigenvalue weighted by molar-refractivity contribution is 0.0944. The summed E-state index contributed by atoms with van der Waals surface area (Å²) in [7, 11) is 3.94. The molecule has 2 heterocycles. The number of fused-ring (bicyclic) bond motifs is 2. The number of amides is 2. The SMILES string of the molecule is CN(C)CCNC(=O)c1ccc2nc(-c3ccc(-c4nc5ccc(C(=O)NCCN)cc5[nH]4)cc3)[nH]c2c1. The topological polar surface area (TPSA) is 145 Å². The molecule has 2 amide bonds. The summed E-state index contributed by atoms with van der Waals surface area (Å²) in [4.78, 5) is 42.7. The van der Waals surface area contributed by atoms with Crippen LogP contribution in [0.25, 0.3) is 44.8 Å². The number of carbonyl (C=O) groups excluding carboxylic acids is 2. The number of aromatic amines is 2. The summed E-state index contributed by atoms with van der Waals surface area (Å²) in [5.41, 5.74) is 11.6. The van der Waals surface area contributed by atoms with Gasteiger partial charge in [0, 0.05) is 48.4 Å². The van der Waals surface area contributed by atoms with Crippen LogP contribution in [0.3, 0.4) is 0 Å². The van der Waals surface area contributed by atoms with E-state index in [-0.39, 0.29) is 11.8 Å². The minimum absolute atomic E-state index is 0.108. The van der Waals surface area contributed by atoms with Crippen molar-refractivity contribution in [1.29, 1.82) is 0 Å². The lowest BCUT2D eigenvalue weighted by atomic mass is 10.1. The van der Waals surface area contributed by atoms with Gasteiger partial charge in [-0.05, 0) is 50.5 Å². The normalized spacial score (nSPS) is 11.4. The van der Waals surface area contributed by atoms with Gasteiger partial charge in [-0.2, -0.15) is 0 Å². The zero-order chi connectivity index (χ0) is 26.6. The Balaban J connectivity index is 1.33. The highest BCUT2D eigenvalue weighted by atomic mass is 16.2. The Morgan fingerprint density at radius 1 is 0.763 bits per heavy atom. The molecule has 10 heteroatoms. The van der Waals surface area contributed by atoms with Crippen molar-refractivity contribution < 1.29 is 9.59 Å². The smallest absolute Gasteiger partial charge is 0.251 e. The number of nitrogens with one attached hydrogen (secondary N) is 4. The molecule has 6 N–H and O–H groups in total. The van der Waals surface area contributed by atoms with Crippen molar-refractivity contribution >= 4 is 33.9 Å². The molecular formula is C28H30N8O2. The predicted octanol–water partition coefficient (Wildman–Crippen LogP) is 2.75. The maximum Gasteiger partial charge on any atom is 0.251 e. The zero-order valence-corrected chi connectivity index (χ0v) is 21.3. The van der Waals surface area contributed by atoms with Crippen LogP contribution in [0, 0.1) is 0 Å². The van der Waals surface area contributed by atoms with Crippen molar-refractivity contribution in [1.82, 2.24) is 35.5 Å². The Morgan fingerprint density at radius 2 is 1.24 bits per heavy atom. The summed E-state index contributed by atoms with van der Waals surface area (Å²) in [5, 5.41) is 5.71. The highest BCUT2D eigenvalue weighted by molar-refractivity contribution is 5.98. The van der Waals surface area contributed by atoms with Crippen LogP contribution in [0.2, 0.25) is 0 Å². The van der Waals surface area contributed by atoms with Gasteiger partial charge >= 0.3 is 0 Å². The van der Waals surface area contributed by atoms with E-state index in [0.717, 1.165) is 45.6 Å². The molecule has 5 aromatic rings. The monoisotopic (exact) mass is 510 g/mol. The number of likely N-dealkylation sites (N-methyl/N-ethyl adjacent to an activating group) is 1. The summed E-state index contributed by atoms with van der Waals surface area (Å²) in [5.74, 6) is 1.15. The molecule has 0 aliphatic rings. The van der Waals surface area contributed by atoms with Gasteiger partial charge in [0.15, 0.2) is 0 Å². The number of aromatic nitrogens is 4. The van der Waals surface area contributed by atoms with Crippen LogP contribution in [0.15, 0.2) is 60.7 Å². The Morgan fingerprint density at radius 3 is 1.68 bits per heavy atom. The van der Waals surface area contributed by atoms with Crippen molar-refractivity contribution in [2.75, 3.05) is 40.3 Å². The van der Waals surface area contributed by atoms with E-state index in [4.69, 9.17) is 10.7 Å². The zero-order valence-electron chi connectivity index (χ0n) is 21.3. The second kappa shape index (κ2) is 10.8. The molecule has 0 spiro atoms. The third kappa shape index (κ3) is 5.41. The second-order valence-corrected chi connectivity index (χ2v) is 9.32. The van der Waals surface area contributed by atoms with Gasteiger partial charge in [0.25, 0.3) is 11.8 Å². The number of imidazole rings is 2. The van der Waals surface area contributed by atoms with Crippen LogP contribution in [0.5, 0.6) is 0 Å². The molecule has 0 saturated heterocycles. The van der Waals surface area contributed by atoms with E-state index < -0.39 is 0 Å². The summed E-state index contributed by atoms with van der Waals surface area (Å²) in [6.45, 7) is 2.18. The number of hydrogen-bond acceptors (Lipinski definition) is 6. The van der Waals surface area contributed by atoms with E-state index >= 15 is 0 Å². The number of carbonyl (C=O) groups is 2. The van der Waals surface area contributed by atoms with E-state index in [1.807, 2.05) is 61.5 Å². The molecule has 0 unspecified atom stereocenters. The Bertz CT molecular complexity index is 1600. The van der Waals surface area contributed by atoms with Gasteiger partial charge in [0.2, 0.25) is 0 Å². The van der Waals surface area contributed by atoms with Gasteiger partial charge in [0.1, 0.15) is 11.6 Å². The number of benzene rings is 3. The first-order valence-corrected chi connectivity index (χ1v) is 12.4. The molecule has 5 rings (SSSR count). The first-order chi connectivity index (χ1) is 18.4. The van der Waals surface area contributed by atoms with Crippen LogP contribution in [-0.4, -0.2) is 76.9 Å². The van der Waals surface area contributed by atoms with E-state index in [2.05, 4.69) is 25.6 Å². The molecule has 0 atom stereocenters. The van der Waals surface area contributed by atoms with Crippen LogP contribution < -0.4 is 16.4 Å². The van der Waals surface area contributed by atoms with Crippen molar-refractivity contribution in [3.05, 3.63) is 71.8 Å². The summed E-state index contributed by atoms with van der Waals surface area (Å²) >= 11 is 0. The molecular weight excluding hydrogens is 480 g/mol. The molecule has 0 aliphatic heterocycles. The highest BCUT2D eigenvalue weighted by Crippen LogP contribution is 2.26. The molecule has 10 nitrogen and oxygen atoms in total. The molecule has 0 aliphatic carbocycles. The number of nitrogens with two attached hydrogens (primary N) is 1. The highest BCUT2D eigenvalue weighted by Gasteiger charge is 2.12. The maximum absolute atomic E-state index is 12.5. The fourth-order valence-electron chi connectivity index (χ4n) is 4.14. The quantitative estimate of drug-likeness (QED) is 0.206. The molecule has 0 radical (unpaired) electrons. The van der Waals surface area contributed by atoms with Gasteiger partial charge in [0.05, 0.1) is 22.1 Å². The number of nitrogens with zero attached hydrogens (tertiary/aromatic N) is 3. The minimum Gasteiger partial charge on any atom is -0.351 e. The van der Waals surface area contributed by atoms with E-state index in [1.54, 1.807) is 18.2 Å². The van der Waals surface area contributed by atoms with Gasteiger partial charge in [-0.3, -0.25) is 9.59 Å². The average molecular weight is 511 g/mol. The van der Waals surface area contributed by atoms with Crippen LogP contribution in [0.1, 0.15) is 20.7 Å². The van der Waals surface area contributed by atoms with Gasteiger partial charge < -0.3 is 31.2 Å². The summed E-state index contributed by atoms with van der Waals surface area (Å²) in [6, 6.07) is 18.7. The average Bonchev–Trinajstić information content (AvgIpc) is 3.55. The van der Waals surface area contributed by atoms with Crippen molar-refractivity contribution in [3.8, 4) is 22.8 Å². The molecule has 194 valence electrons. The largest absolute Gasteiger partial charge is 0.351 e. The third-order valence-electron chi connectivity index (χ3n) is 6.19. The van der Waals surface area contributed by atoms with E-state index in [0.29, 0.717) is 36.6 Å². The van der Waals surface area contributed by atoms with Crippen LogP contribution in [-0.2, 0) is 0 Å². The van der Waals surface area contributed by atoms with Crippen molar-refractivity contribution in [2.24, 2.45) is 5.73 Å². The number of H-pyrrole nitrogens is 2. The minimum atomic E-state index is -0.166. The fraction of sp³-hybridized carbons (Fsp3) is 0.214. The van der Waals surface area contributed by atoms with Gasteiger partial charge in [-0.25, -0.2) is 9.97 Å². The van der Waals surface area contributed by atoms with E-state index in [1.165, 1.54) is 0 Å². The first kappa shape index (κ1) is 25.1. The Labute approximate surface area is 219 Å². The maximum atomic E-state index is 12.5. The van der Waals surface area contributed by atoms with Crippen LogP contribution in [0.4, 0.5) is 0 Å². The lowest BCUT2D eigenvalue weighted by Gasteiger charge is -2.10. The molecule has 2 aromatic heterocycles. The molecule has 0 fully saturated rings. The lowest BCUT2D eigenvalue weighted by Crippen LogP contribution is -2.31. The Kier molecular flexibility index (Phi) is 7.16. The van der Waals surface area contributed by atoms with E-state index in [9.17, 15) is 9.59 Å². The second-order valence-electron chi connectivity index (χ2n) is 9.32. The van der Waals surface area contributed by atoms with Gasteiger partial charge in [-0.15, -0.1) is 0 Å². The van der Waals surface area contributed by atoms with Crippen molar-refractivity contribution in [2.45, 2.75) is 0 Å². The third-order valence-corrected chi connectivity index (χ3v) is 6.19. The molecule has 0 saturated carbocycles. The molecule has 38 heavy (non-hydrogen) atoms. The fourth-order valence-corrected chi connectivity index (χ4v) is 4.14. The number of rotatable bonds is 9. The first-order valence-electron chi connectivity index (χ1n) is 12.4. The Hall–Kier alpha value is -4.54. The summed E-state index contributed by atoms with van der Waals surface area (Å²) < 4.78 is 0. The molecule has 3 aromatic carbocycles. The molecule has 0 bridgehead atoms.